The first-order valence-electron chi connectivity index (χ1n) is 18.5. The van der Waals surface area contributed by atoms with Crippen molar-refractivity contribution >= 4 is 65.7 Å². The van der Waals surface area contributed by atoms with Crippen molar-refractivity contribution in [2.75, 3.05) is 0 Å². The van der Waals surface area contributed by atoms with E-state index in [1.165, 1.54) is 54.8 Å². The second-order valence-electron chi connectivity index (χ2n) is 15.0. The van der Waals surface area contributed by atoms with Gasteiger partial charge in [0.15, 0.2) is 5.58 Å². The zero-order chi connectivity index (χ0) is 35.7. The molecule has 5 heteroatoms. The first kappa shape index (κ1) is 29.6. The first-order valence-corrected chi connectivity index (χ1v) is 18.5. The second kappa shape index (κ2) is 10.6. The molecule has 11 aromatic rings. The molecule has 1 aliphatic carbocycles. The lowest BCUT2D eigenvalue weighted by molar-refractivity contribution is 0.666. The van der Waals surface area contributed by atoms with Crippen LogP contribution in [0.15, 0.2) is 162 Å². The van der Waals surface area contributed by atoms with Crippen molar-refractivity contribution in [2.45, 2.75) is 19.3 Å². The Kier molecular flexibility index (Phi) is 5.78. The predicted molar refractivity (Wildman–Crippen MR) is 221 cm³/mol. The molecule has 0 aliphatic heterocycles. The number of hydrogen-bond donors (Lipinski definition) is 0. The average molecular weight is 693 g/mol. The Bertz CT molecular complexity index is 3310. The minimum atomic E-state index is -0.211. The zero-order valence-electron chi connectivity index (χ0n) is 29.7. The van der Waals surface area contributed by atoms with Crippen LogP contribution in [0.25, 0.3) is 99.7 Å². The third-order valence-corrected chi connectivity index (χ3v) is 11.7. The summed E-state index contributed by atoms with van der Waals surface area (Å²) in [5.74, 6) is 0.612. The first-order chi connectivity index (χ1) is 26.6. The minimum absolute atomic E-state index is 0.211. The quantitative estimate of drug-likeness (QED) is 0.185. The smallest absolute Gasteiger partial charge is 0.236 e. The van der Waals surface area contributed by atoms with E-state index in [9.17, 15) is 0 Å². The van der Waals surface area contributed by atoms with Gasteiger partial charge in [-0.3, -0.25) is 4.57 Å². The fraction of sp³-hybridized carbons (Fsp3) is 0.0612. The summed E-state index contributed by atoms with van der Waals surface area (Å²) in [4.78, 5) is 10.8. The summed E-state index contributed by atoms with van der Waals surface area (Å²) < 4.78 is 11.2. The normalized spacial score (nSPS) is 13.5. The van der Waals surface area contributed by atoms with Gasteiger partial charge in [-0.25, -0.2) is 9.97 Å². The van der Waals surface area contributed by atoms with Crippen molar-refractivity contribution in [3.8, 4) is 34.0 Å². The molecule has 0 amide bonds. The number of para-hydroxylation sites is 3. The molecule has 54 heavy (non-hydrogen) atoms. The van der Waals surface area contributed by atoms with E-state index in [-0.39, 0.29) is 5.41 Å². The number of hydrogen-bond acceptors (Lipinski definition) is 3. The zero-order valence-corrected chi connectivity index (χ0v) is 29.7. The van der Waals surface area contributed by atoms with E-state index < -0.39 is 0 Å². The summed E-state index contributed by atoms with van der Waals surface area (Å²) in [7, 11) is 0. The van der Waals surface area contributed by atoms with Crippen molar-refractivity contribution in [2.24, 2.45) is 0 Å². The van der Waals surface area contributed by atoms with E-state index in [4.69, 9.17) is 14.4 Å². The van der Waals surface area contributed by atoms with Crippen LogP contribution >= 0.6 is 0 Å². The van der Waals surface area contributed by atoms with Gasteiger partial charge in [-0.2, -0.15) is 0 Å². The van der Waals surface area contributed by atoms with Crippen LogP contribution < -0.4 is 0 Å². The molecular formula is C49H32N4O. The number of furan rings is 1. The highest BCUT2D eigenvalue weighted by atomic mass is 16.3. The van der Waals surface area contributed by atoms with Crippen LogP contribution in [0.2, 0.25) is 0 Å². The van der Waals surface area contributed by atoms with Crippen LogP contribution in [0, 0.1) is 0 Å². The lowest BCUT2D eigenvalue weighted by atomic mass is 9.80. The van der Waals surface area contributed by atoms with Crippen LogP contribution in [0.5, 0.6) is 0 Å². The SMILES string of the molecule is CC1(C)c2ccccc2-c2ccc3c(c21)c1ccc(-n2c4ccccc4c4ccccc42)cc1n3-c1nc(-c2ccccc2)c2oc3ccccc3c2n1. The van der Waals surface area contributed by atoms with E-state index in [1.54, 1.807) is 0 Å². The van der Waals surface area contributed by atoms with Gasteiger partial charge < -0.3 is 8.98 Å². The Hall–Kier alpha value is -6.98. The molecule has 4 heterocycles. The summed E-state index contributed by atoms with van der Waals surface area (Å²) in [6.07, 6.45) is 0. The third-order valence-electron chi connectivity index (χ3n) is 11.7. The number of rotatable bonds is 3. The van der Waals surface area contributed by atoms with Gasteiger partial charge in [0.25, 0.3) is 0 Å². The highest BCUT2D eigenvalue weighted by Crippen LogP contribution is 2.53. The van der Waals surface area contributed by atoms with Crippen LogP contribution in [-0.4, -0.2) is 19.1 Å². The van der Waals surface area contributed by atoms with E-state index in [0.717, 1.165) is 44.5 Å². The molecule has 0 radical (unpaired) electrons. The van der Waals surface area contributed by atoms with Gasteiger partial charge in [0.1, 0.15) is 16.8 Å². The fourth-order valence-electron chi connectivity index (χ4n) is 9.39. The molecule has 0 N–H and O–H groups in total. The van der Waals surface area contributed by atoms with Gasteiger partial charge in [0.05, 0.1) is 22.1 Å². The fourth-order valence-corrected chi connectivity index (χ4v) is 9.39. The predicted octanol–water partition coefficient (Wildman–Crippen LogP) is 12.5. The third kappa shape index (κ3) is 3.83. The molecule has 7 aromatic carbocycles. The molecule has 4 aromatic heterocycles. The summed E-state index contributed by atoms with van der Waals surface area (Å²) in [5.41, 5.74) is 14.7. The lowest BCUT2D eigenvalue weighted by Gasteiger charge is -2.22. The molecule has 0 unspecified atom stereocenters. The Labute approximate surface area is 310 Å². The van der Waals surface area contributed by atoms with Crippen molar-refractivity contribution in [1.82, 2.24) is 19.1 Å². The number of nitrogens with zero attached hydrogens (tertiary/aromatic N) is 4. The summed E-state index contributed by atoms with van der Waals surface area (Å²) in [6.45, 7) is 4.72. The maximum absolute atomic E-state index is 6.52. The van der Waals surface area contributed by atoms with Gasteiger partial charge >= 0.3 is 0 Å². The molecule has 254 valence electrons. The maximum atomic E-state index is 6.52. The molecule has 0 atom stereocenters. The van der Waals surface area contributed by atoms with E-state index >= 15 is 0 Å². The monoisotopic (exact) mass is 692 g/mol. The number of benzene rings is 7. The lowest BCUT2D eigenvalue weighted by Crippen LogP contribution is -2.15. The minimum Gasteiger partial charge on any atom is -0.452 e. The Balaban J connectivity index is 1.24. The van der Waals surface area contributed by atoms with Crippen molar-refractivity contribution in [1.29, 1.82) is 0 Å². The van der Waals surface area contributed by atoms with Gasteiger partial charge in [-0.05, 0) is 64.7 Å². The topological polar surface area (TPSA) is 48.8 Å². The van der Waals surface area contributed by atoms with Crippen molar-refractivity contribution < 1.29 is 4.42 Å². The van der Waals surface area contributed by atoms with E-state index in [0.29, 0.717) is 11.5 Å². The molecule has 1 aliphatic rings. The van der Waals surface area contributed by atoms with Crippen molar-refractivity contribution in [3.05, 3.63) is 169 Å². The standard InChI is InChI=1S/C49H32N4O/c1-49(2)37-20-10-6-16-31(37)34-26-27-40-43(44(34)49)35-25-24-30(52-38-21-11-7-17-32(38)33-18-8-12-22-39(33)52)28-41(35)53(40)48-50-45(29-14-4-3-5-15-29)47-46(51-48)36-19-9-13-23-42(36)54-47/h3-28H,1-2H3. The molecule has 12 rings (SSSR count). The Morgan fingerprint density at radius 1 is 0.519 bits per heavy atom. The van der Waals surface area contributed by atoms with Crippen LogP contribution in [0.4, 0.5) is 0 Å². The molecule has 0 fully saturated rings. The molecular weight excluding hydrogens is 661 g/mol. The second-order valence-corrected chi connectivity index (χ2v) is 15.0. The maximum Gasteiger partial charge on any atom is 0.236 e. The molecule has 0 saturated heterocycles. The average Bonchev–Trinajstić information content (AvgIpc) is 3.93. The largest absolute Gasteiger partial charge is 0.452 e. The number of fused-ring (bicyclic) bond motifs is 13. The van der Waals surface area contributed by atoms with Crippen LogP contribution in [0.3, 0.4) is 0 Å². The highest BCUT2D eigenvalue weighted by Gasteiger charge is 2.38. The Morgan fingerprint density at radius 2 is 1.20 bits per heavy atom. The van der Waals surface area contributed by atoms with Crippen LogP contribution in [0.1, 0.15) is 25.0 Å². The molecule has 0 spiro atoms. The Morgan fingerprint density at radius 3 is 2.00 bits per heavy atom. The van der Waals surface area contributed by atoms with Crippen molar-refractivity contribution in [3.63, 3.8) is 0 Å². The van der Waals surface area contributed by atoms with Gasteiger partial charge in [0.2, 0.25) is 5.95 Å². The summed E-state index contributed by atoms with van der Waals surface area (Å²) in [5, 5.41) is 5.85. The van der Waals surface area contributed by atoms with E-state index in [1.807, 2.05) is 36.4 Å². The molecule has 5 nitrogen and oxygen atoms in total. The van der Waals surface area contributed by atoms with Gasteiger partial charge in [-0.15, -0.1) is 0 Å². The number of aromatic nitrogens is 4. The summed E-state index contributed by atoms with van der Waals surface area (Å²) in [6, 6.07) is 56.2. The molecule has 0 bridgehead atoms. The van der Waals surface area contributed by atoms with Gasteiger partial charge in [-0.1, -0.05) is 129 Å². The highest BCUT2D eigenvalue weighted by molar-refractivity contribution is 6.16. The van der Waals surface area contributed by atoms with Gasteiger partial charge in [0, 0.05) is 43.6 Å². The molecule has 0 saturated carbocycles. The van der Waals surface area contributed by atoms with Crippen LogP contribution in [-0.2, 0) is 5.41 Å². The van der Waals surface area contributed by atoms with E-state index in [2.05, 4.69) is 144 Å². The summed E-state index contributed by atoms with van der Waals surface area (Å²) >= 11 is 0.